The van der Waals surface area contributed by atoms with Gasteiger partial charge in [-0.15, -0.1) is 0 Å². The SMILES string of the molecule is CCC(C)C(=O)OCCN[C@@H](Cc1ccc(OC(=O)CC(C)C)c(OC(=O)CC(C)C)c1)C(=O)OC. The number of rotatable bonds is 15. The first-order valence-electron chi connectivity index (χ1n) is 12.5. The summed E-state index contributed by atoms with van der Waals surface area (Å²) in [5.41, 5.74) is 0.658. The number of hydrogen-bond acceptors (Lipinski definition) is 9. The molecule has 0 radical (unpaired) electrons. The topological polar surface area (TPSA) is 117 Å². The van der Waals surface area contributed by atoms with E-state index in [1.165, 1.54) is 7.11 Å². The van der Waals surface area contributed by atoms with Crippen LogP contribution in [-0.2, 0) is 35.1 Å². The van der Waals surface area contributed by atoms with Crippen LogP contribution < -0.4 is 14.8 Å². The normalized spacial score (nSPS) is 12.7. The Kier molecular flexibility index (Phi) is 13.8. The summed E-state index contributed by atoms with van der Waals surface area (Å²) < 4.78 is 21.1. The molecule has 0 saturated carbocycles. The molecule has 0 bridgehead atoms. The van der Waals surface area contributed by atoms with Crippen molar-refractivity contribution >= 4 is 23.9 Å². The van der Waals surface area contributed by atoms with Gasteiger partial charge in [0.25, 0.3) is 0 Å². The molecule has 0 saturated heterocycles. The third kappa shape index (κ3) is 11.7. The fourth-order valence-electron chi connectivity index (χ4n) is 3.15. The lowest BCUT2D eigenvalue weighted by molar-refractivity contribution is -0.148. The second-order valence-electron chi connectivity index (χ2n) is 9.64. The summed E-state index contributed by atoms with van der Waals surface area (Å²) in [6.45, 7) is 11.7. The van der Waals surface area contributed by atoms with Gasteiger partial charge >= 0.3 is 23.9 Å². The van der Waals surface area contributed by atoms with Crippen LogP contribution in [0, 0.1) is 17.8 Å². The van der Waals surface area contributed by atoms with Crippen molar-refractivity contribution in [2.45, 2.75) is 73.3 Å². The zero-order chi connectivity index (χ0) is 27.3. The lowest BCUT2D eigenvalue weighted by Gasteiger charge is -2.18. The Hall–Kier alpha value is -2.94. The summed E-state index contributed by atoms with van der Waals surface area (Å²) in [6.07, 6.45) is 1.31. The quantitative estimate of drug-likeness (QED) is 0.215. The fraction of sp³-hybridized carbons (Fsp3) is 0.630. The van der Waals surface area contributed by atoms with Gasteiger partial charge in [-0.05, 0) is 42.4 Å². The number of hydrogen-bond donors (Lipinski definition) is 1. The van der Waals surface area contributed by atoms with Crippen LogP contribution in [0.25, 0.3) is 0 Å². The van der Waals surface area contributed by atoms with Gasteiger partial charge in [-0.1, -0.05) is 47.6 Å². The van der Waals surface area contributed by atoms with E-state index < -0.39 is 23.9 Å². The number of esters is 4. The van der Waals surface area contributed by atoms with Crippen LogP contribution in [0.1, 0.15) is 66.4 Å². The Balaban J connectivity index is 3.00. The first-order chi connectivity index (χ1) is 17.0. The van der Waals surface area contributed by atoms with Gasteiger partial charge in [-0.2, -0.15) is 0 Å². The molecule has 0 aliphatic carbocycles. The molecule has 202 valence electrons. The first-order valence-corrected chi connectivity index (χ1v) is 12.5. The molecule has 0 aliphatic rings. The van der Waals surface area contributed by atoms with Gasteiger partial charge in [-0.25, -0.2) is 0 Å². The number of carbonyl (C=O) groups is 4. The van der Waals surface area contributed by atoms with E-state index in [2.05, 4.69) is 5.32 Å². The Bertz CT molecular complexity index is 881. The molecule has 0 aliphatic heterocycles. The molecule has 1 rings (SSSR count). The minimum Gasteiger partial charge on any atom is -0.468 e. The van der Waals surface area contributed by atoms with E-state index in [0.29, 0.717) is 12.0 Å². The van der Waals surface area contributed by atoms with Crippen LogP contribution in [0.15, 0.2) is 18.2 Å². The number of nitrogens with one attached hydrogen (secondary N) is 1. The number of carbonyl (C=O) groups excluding carboxylic acids is 4. The maximum atomic E-state index is 12.4. The largest absolute Gasteiger partial charge is 0.468 e. The predicted molar refractivity (Wildman–Crippen MR) is 135 cm³/mol. The zero-order valence-corrected chi connectivity index (χ0v) is 22.6. The van der Waals surface area contributed by atoms with Gasteiger partial charge in [0.2, 0.25) is 0 Å². The molecule has 0 heterocycles. The van der Waals surface area contributed by atoms with Crippen LogP contribution in [0.2, 0.25) is 0 Å². The van der Waals surface area contributed by atoms with E-state index in [9.17, 15) is 19.2 Å². The first kappa shape index (κ1) is 31.1. The fourth-order valence-corrected chi connectivity index (χ4v) is 3.15. The van der Waals surface area contributed by atoms with Gasteiger partial charge < -0.3 is 24.3 Å². The molecule has 0 amide bonds. The second-order valence-corrected chi connectivity index (χ2v) is 9.64. The summed E-state index contributed by atoms with van der Waals surface area (Å²) >= 11 is 0. The number of benzene rings is 1. The van der Waals surface area contributed by atoms with Gasteiger partial charge in [0, 0.05) is 19.4 Å². The molecule has 1 aromatic carbocycles. The van der Waals surface area contributed by atoms with Crippen molar-refractivity contribution in [2.24, 2.45) is 17.8 Å². The van der Waals surface area contributed by atoms with Gasteiger partial charge in [0.1, 0.15) is 12.6 Å². The van der Waals surface area contributed by atoms with Crippen molar-refractivity contribution in [1.29, 1.82) is 0 Å². The lowest BCUT2D eigenvalue weighted by Crippen LogP contribution is -2.41. The van der Waals surface area contributed by atoms with Crippen LogP contribution in [0.3, 0.4) is 0 Å². The molecular weight excluding hydrogens is 466 g/mol. The Morgan fingerprint density at radius 3 is 1.97 bits per heavy atom. The molecule has 1 aromatic rings. The zero-order valence-electron chi connectivity index (χ0n) is 22.6. The lowest BCUT2D eigenvalue weighted by atomic mass is 10.0. The van der Waals surface area contributed by atoms with Crippen LogP contribution >= 0.6 is 0 Å². The van der Waals surface area contributed by atoms with E-state index in [1.54, 1.807) is 25.1 Å². The van der Waals surface area contributed by atoms with Gasteiger partial charge in [0.15, 0.2) is 11.5 Å². The highest BCUT2D eigenvalue weighted by Gasteiger charge is 2.22. The van der Waals surface area contributed by atoms with Crippen LogP contribution in [-0.4, -0.2) is 50.2 Å². The van der Waals surface area contributed by atoms with Crippen molar-refractivity contribution in [3.63, 3.8) is 0 Å². The maximum Gasteiger partial charge on any atom is 0.323 e. The average molecular weight is 508 g/mol. The molecule has 1 N–H and O–H groups in total. The van der Waals surface area contributed by atoms with Gasteiger partial charge in [-0.3, -0.25) is 19.2 Å². The average Bonchev–Trinajstić information content (AvgIpc) is 2.80. The van der Waals surface area contributed by atoms with E-state index in [4.69, 9.17) is 18.9 Å². The van der Waals surface area contributed by atoms with E-state index in [-0.39, 0.29) is 67.6 Å². The molecule has 0 aromatic heterocycles. The van der Waals surface area contributed by atoms with E-state index in [1.807, 2.05) is 34.6 Å². The van der Waals surface area contributed by atoms with Crippen LogP contribution in [0.4, 0.5) is 0 Å². The minimum absolute atomic E-state index is 0.0925. The Morgan fingerprint density at radius 1 is 0.861 bits per heavy atom. The number of methoxy groups -OCH3 is 1. The smallest absolute Gasteiger partial charge is 0.323 e. The molecule has 9 heteroatoms. The van der Waals surface area contributed by atoms with E-state index >= 15 is 0 Å². The Labute approximate surface area is 214 Å². The second kappa shape index (κ2) is 15.9. The highest BCUT2D eigenvalue weighted by molar-refractivity contribution is 5.77. The highest BCUT2D eigenvalue weighted by Crippen LogP contribution is 2.30. The molecule has 36 heavy (non-hydrogen) atoms. The summed E-state index contributed by atoms with van der Waals surface area (Å²) in [5.74, 6) is -1.39. The summed E-state index contributed by atoms with van der Waals surface area (Å²) in [7, 11) is 1.29. The van der Waals surface area contributed by atoms with Crippen molar-refractivity contribution in [3.05, 3.63) is 23.8 Å². The van der Waals surface area contributed by atoms with Crippen molar-refractivity contribution in [2.75, 3.05) is 20.3 Å². The minimum atomic E-state index is -0.731. The summed E-state index contributed by atoms with van der Waals surface area (Å²) in [4.78, 5) is 48.7. The van der Waals surface area contributed by atoms with E-state index in [0.717, 1.165) is 0 Å². The van der Waals surface area contributed by atoms with Crippen molar-refractivity contribution in [1.82, 2.24) is 5.32 Å². The van der Waals surface area contributed by atoms with Crippen LogP contribution in [0.5, 0.6) is 11.5 Å². The van der Waals surface area contributed by atoms with Crippen molar-refractivity contribution in [3.8, 4) is 11.5 Å². The maximum absolute atomic E-state index is 12.4. The predicted octanol–water partition coefficient (Wildman–Crippen LogP) is 3.85. The molecular formula is C27H41NO8. The third-order valence-electron chi connectivity index (χ3n) is 5.28. The van der Waals surface area contributed by atoms with Gasteiger partial charge in [0.05, 0.1) is 13.0 Å². The standard InChI is InChI=1S/C27H41NO8/c1-8-19(6)26(31)34-12-11-28-21(27(32)33-7)15-20-9-10-22(35-24(29)13-17(2)3)23(16-20)36-25(30)14-18(4)5/h9-10,16-19,21,28H,8,11-15H2,1-7H3/t19?,21-/m0/s1. The summed E-state index contributed by atoms with van der Waals surface area (Å²) in [5, 5.41) is 3.04. The molecule has 2 atom stereocenters. The highest BCUT2D eigenvalue weighted by atomic mass is 16.6. The molecule has 0 spiro atoms. The Morgan fingerprint density at radius 2 is 1.44 bits per heavy atom. The molecule has 9 nitrogen and oxygen atoms in total. The monoisotopic (exact) mass is 507 g/mol. The third-order valence-corrected chi connectivity index (χ3v) is 5.28. The van der Waals surface area contributed by atoms with Crippen molar-refractivity contribution < 1.29 is 38.1 Å². The molecule has 0 fully saturated rings. The summed E-state index contributed by atoms with van der Waals surface area (Å²) in [6, 6.07) is 4.09. The number of ether oxygens (including phenoxy) is 4. The molecule has 1 unspecified atom stereocenters.